The van der Waals surface area contributed by atoms with Crippen molar-refractivity contribution in [3.8, 4) is 0 Å². The van der Waals surface area contributed by atoms with Gasteiger partial charge >= 0.3 is 12.1 Å². The largest absolute Gasteiger partial charge is 0.468 e. The predicted octanol–water partition coefficient (Wildman–Crippen LogP) is 4.30. The number of alkyl halides is 3. The molecule has 5 nitrogen and oxygen atoms in total. The van der Waals surface area contributed by atoms with Crippen LogP contribution in [-0.2, 0) is 33.5 Å². The molecule has 0 aromatic heterocycles. The van der Waals surface area contributed by atoms with E-state index in [0.29, 0.717) is 25.4 Å². The molecule has 33 heavy (non-hydrogen) atoms. The van der Waals surface area contributed by atoms with Gasteiger partial charge in [0.2, 0.25) is 5.91 Å². The van der Waals surface area contributed by atoms with Crippen LogP contribution < -0.4 is 5.32 Å². The summed E-state index contributed by atoms with van der Waals surface area (Å²) >= 11 is 0. The highest BCUT2D eigenvalue weighted by atomic mass is 19.4. The average Bonchev–Trinajstić information content (AvgIpc) is 3.14. The van der Waals surface area contributed by atoms with Crippen molar-refractivity contribution < 1.29 is 27.5 Å². The Balaban J connectivity index is 1.64. The molecular weight excluding hydrogens is 433 g/mol. The minimum absolute atomic E-state index is 0.167. The van der Waals surface area contributed by atoms with E-state index in [-0.39, 0.29) is 29.9 Å². The molecule has 2 aromatic rings. The fourth-order valence-electron chi connectivity index (χ4n) is 4.13. The number of nitrogens with zero attached hydrogens (tertiary/aromatic N) is 1. The van der Waals surface area contributed by atoms with Crippen molar-refractivity contribution in [2.75, 3.05) is 13.7 Å². The summed E-state index contributed by atoms with van der Waals surface area (Å²) < 4.78 is 43.7. The van der Waals surface area contributed by atoms with Crippen molar-refractivity contribution in [1.82, 2.24) is 10.2 Å². The molecule has 178 valence electrons. The normalized spacial score (nSPS) is 19.0. The quantitative estimate of drug-likeness (QED) is 0.624. The standard InChI is InChI=1S/C25H29F3N2O3/c1-16(2)19-9-7-17(8-10-19)14-30-15-21(13-22(30)24(32)33-3)29-23(31)12-18-5-4-6-20(11-18)25(26,27)28/h4-11,16,21-22H,12-15H2,1-3H3,(H,29,31)/t21-,22+/m1/s1. The Bertz CT molecular complexity index is 974. The number of nitrogens with one attached hydrogen (secondary N) is 1. The van der Waals surface area contributed by atoms with Gasteiger partial charge in [-0.1, -0.05) is 56.3 Å². The monoisotopic (exact) mass is 462 g/mol. The molecule has 0 spiro atoms. The molecule has 1 heterocycles. The van der Waals surface area contributed by atoms with E-state index in [1.54, 1.807) is 0 Å². The van der Waals surface area contributed by atoms with Crippen LogP contribution in [0.15, 0.2) is 48.5 Å². The maximum Gasteiger partial charge on any atom is 0.416 e. The van der Waals surface area contributed by atoms with Crippen LogP contribution >= 0.6 is 0 Å². The molecule has 1 aliphatic rings. The number of esters is 1. The summed E-state index contributed by atoms with van der Waals surface area (Å²) in [5.41, 5.74) is 1.77. The van der Waals surface area contributed by atoms with E-state index in [9.17, 15) is 22.8 Å². The first-order chi connectivity index (χ1) is 15.6. The third-order valence-electron chi connectivity index (χ3n) is 5.89. The molecule has 1 aliphatic heterocycles. The minimum atomic E-state index is -4.46. The van der Waals surface area contributed by atoms with E-state index in [2.05, 4.69) is 31.3 Å². The van der Waals surface area contributed by atoms with Gasteiger partial charge in [-0.25, -0.2) is 0 Å². The Kier molecular flexibility index (Phi) is 7.79. The number of benzene rings is 2. The molecule has 8 heteroatoms. The molecule has 1 fully saturated rings. The summed E-state index contributed by atoms with van der Waals surface area (Å²) in [6, 6.07) is 12.1. The number of carbonyl (C=O) groups is 2. The van der Waals surface area contributed by atoms with Crippen LogP contribution in [0.25, 0.3) is 0 Å². The van der Waals surface area contributed by atoms with Gasteiger partial charge in [-0.05, 0) is 35.1 Å². The van der Waals surface area contributed by atoms with E-state index >= 15 is 0 Å². The number of rotatable bonds is 7. The number of likely N-dealkylation sites (tertiary alicyclic amines) is 1. The summed E-state index contributed by atoms with van der Waals surface area (Å²) in [5, 5.41) is 2.86. The highest BCUT2D eigenvalue weighted by molar-refractivity contribution is 5.80. The molecule has 1 N–H and O–H groups in total. The number of carbonyl (C=O) groups excluding carboxylic acids is 2. The first-order valence-corrected chi connectivity index (χ1v) is 10.9. The number of methoxy groups -OCH3 is 1. The first kappa shape index (κ1) is 24.8. The van der Waals surface area contributed by atoms with Crippen LogP contribution in [0.2, 0.25) is 0 Å². The Morgan fingerprint density at radius 2 is 1.82 bits per heavy atom. The molecule has 0 bridgehead atoms. The highest BCUT2D eigenvalue weighted by Crippen LogP contribution is 2.29. The molecule has 2 aromatic carbocycles. The second-order valence-corrected chi connectivity index (χ2v) is 8.74. The van der Waals surface area contributed by atoms with Crippen molar-refractivity contribution in [1.29, 1.82) is 0 Å². The Morgan fingerprint density at radius 1 is 1.12 bits per heavy atom. The lowest BCUT2D eigenvalue weighted by molar-refractivity contribution is -0.146. The van der Waals surface area contributed by atoms with Crippen LogP contribution in [-0.4, -0.2) is 42.5 Å². The van der Waals surface area contributed by atoms with Gasteiger partial charge in [-0.3, -0.25) is 14.5 Å². The summed E-state index contributed by atoms with van der Waals surface area (Å²) in [5.74, 6) is -0.334. The number of hydrogen-bond donors (Lipinski definition) is 1. The zero-order valence-electron chi connectivity index (χ0n) is 19.0. The van der Waals surface area contributed by atoms with E-state index in [0.717, 1.165) is 17.7 Å². The van der Waals surface area contributed by atoms with Crippen LogP contribution in [0.1, 0.15) is 48.4 Å². The first-order valence-electron chi connectivity index (χ1n) is 10.9. The predicted molar refractivity (Wildman–Crippen MR) is 118 cm³/mol. The molecular formula is C25H29F3N2O3. The van der Waals surface area contributed by atoms with Gasteiger partial charge < -0.3 is 10.1 Å². The number of ether oxygens (including phenoxy) is 1. The summed E-state index contributed by atoms with van der Waals surface area (Å²) in [6.45, 7) is 5.21. The third kappa shape index (κ3) is 6.57. The van der Waals surface area contributed by atoms with Gasteiger partial charge in [0.05, 0.1) is 19.1 Å². The van der Waals surface area contributed by atoms with E-state index in [1.807, 2.05) is 17.0 Å². The SMILES string of the molecule is COC(=O)[C@@H]1C[C@@H](NC(=O)Cc2cccc(C(F)(F)F)c2)CN1Cc1ccc(C(C)C)cc1. The zero-order valence-corrected chi connectivity index (χ0v) is 19.0. The molecule has 3 rings (SSSR count). The topological polar surface area (TPSA) is 58.6 Å². The van der Waals surface area contributed by atoms with Gasteiger partial charge in [-0.15, -0.1) is 0 Å². The van der Waals surface area contributed by atoms with Crippen LogP contribution in [0.5, 0.6) is 0 Å². The Hall–Kier alpha value is -2.87. The lowest BCUT2D eigenvalue weighted by Crippen LogP contribution is -2.38. The van der Waals surface area contributed by atoms with Crippen molar-refractivity contribution in [3.63, 3.8) is 0 Å². The smallest absolute Gasteiger partial charge is 0.416 e. The van der Waals surface area contributed by atoms with Crippen molar-refractivity contribution in [2.45, 2.75) is 57.4 Å². The maximum atomic E-state index is 12.9. The molecule has 0 radical (unpaired) electrons. The molecule has 0 aliphatic carbocycles. The summed E-state index contributed by atoms with van der Waals surface area (Å²) in [7, 11) is 1.33. The second kappa shape index (κ2) is 10.4. The molecule has 2 atom stereocenters. The van der Waals surface area contributed by atoms with Gasteiger partial charge in [-0.2, -0.15) is 13.2 Å². The van der Waals surface area contributed by atoms with Crippen LogP contribution in [0.4, 0.5) is 13.2 Å². The van der Waals surface area contributed by atoms with Gasteiger partial charge in [0, 0.05) is 19.1 Å². The van der Waals surface area contributed by atoms with Crippen molar-refractivity contribution >= 4 is 11.9 Å². The second-order valence-electron chi connectivity index (χ2n) is 8.74. The van der Waals surface area contributed by atoms with Crippen molar-refractivity contribution in [3.05, 3.63) is 70.8 Å². The van der Waals surface area contributed by atoms with E-state index in [4.69, 9.17) is 4.74 Å². The molecule has 0 saturated carbocycles. The fourth-order valence-corrected chi connectivity index (χ4v) is 4.13. The fraction of sp³-hybridized carbons (Fsp3) is 0.440. The highest BCUT2D eigenvalue weighted by Gasteiger charge is 2.38. The van der Waals surface area contributed by atoms with Crippen molar-refractivity contribution in [2.24, 2.45) is 0 Å². The zero-order chi connectivity index (χ0) is 24.2. The van der Waals surface area contributed by atoms with Gasteiger partial charge in [0.1, 0.15) is 6.04 Å². The van der Waals surface area contributed by atoms with Gasteiger partial charge in [0.15, 0.2) is 0 Å². The minimum Gasteiger partial charge on any atom is -0.468 e. The number of amides is 1. The van der Waals surface area contributed by atoms with Gasteiger partial charge in [0.25, 0.3) is 0 Å². The van der Waals surface area contributed by atoms with E-state index < -0.39 is 17.8 Å². The molecule has 1 amide bonds. The summed E-state index contributed by atoms with van der Waals surface area (Å²) in [4.78, 5) is 26.8. The average molecular weight is 463 g/mol. The molecule has 0 unspecified atom stereocenters. The lowest BCUT2D eigenvalue weighted by atomic mass is 10.0. The lowest BCUT2D eigenvalue weighted by Gasteiger charge is -2.22. The van der Waals surface area contributed by atoms with Crippen LogP contribution in [0, 0.1) is 0 Å². The third-order valence-corrected chi connectivity index (χ3v) is 5.89. The summed E-state index contributed by atoms with van der Waals surface area (Å²) in [6.07, 6.45) is -4.25. The Morgan fingerprint density at radius 3 is 2.42 bits per heavy atom. The maximum absolute atomic E-state index is 12.9. The number of halogens is 3. The number of hydrogen-bond acceptors (Lipinski definition) is 4. The van der Waals surface area contributed by atoms with E-state index in [1.165, 1.54) is 24.8 Å². The molecule has 1 saturated heterocycles. The Labute approximate surface area is 191 Å². The van der Waals surface area contributed by atoms with Crippen LogP contribution in [0.3, 0.4) is 0 Å².